The molecule has 0 saturated carbocycles. The molecule has 0 unspecified atom stereocenters. The summed E-state index contributed by atoms with van der Waals surface area (Å²) < 4.78 is 15.6. The second-order valence-corrected chi connectivity index (χ2v) is 5.44. The Labute approximate surface area is 151 Å². The molecule has 0 heterocycles. The van der Waals surface area contributed by atoms with Crippen LogP contribution < -0.4 is 0 Å². The van der Waals surface area contributed by atoms with Gasteiger partial charge in [0.2, 0.25) is 0 Å². The Balaban J connectivity index is 1.72. The molecule has 0 aliphatic rings. The van der Waals surface area contributed by atoms with Gasteiger partial charge in [-0.05, 0) is 23.3 Å². The molecular weight excluding hydrogens is 344 g/mol. The Hall–Kier alpha value is -2.37. The fourth-order valence-electron chi connectivity index (χ4n) is 2.03. The van der Waals surface area contributed by atoms with Crippen molar-refractivity contribution in [3.63, 3.8) is 0 Å². The molecule has 6 heteroatoms. The molecule has 0 aliphatic heterocycles. The highest BCUT2D eigenvalue weighted by molar-refractivity contribution is 6.26. The van der Waals surface area contributed by atoms with Crippen LogP contribution in [0.5, 0.6) is 0 Å². The van der Waals surface area contributed by atoms with Gasteiger partial charge in [0.1, 0.15) is 19.1 Å². The number of hydrogen-bond acceptors (Lipinski definition) is 5. The fourth-order valence-corrected chi connectivity index (χ4v) is 2.11. The number of carbonyl (C=O) groups excluding carboxylic acids is 2. The second kappa shape index (κ2) is 10.5. The number of ether oxygens (including phenoxy) is 3. The summed E-state index contributed by atoms with van der Waals surface area (Å²) in [4.78, 5) is 23.1. The van der Waals surface area contributed by atoms with Crippen LogP contribution in [0.1, 0.15) is 21.5 Å². The monoisotopic (exact) mass is 362 g/mol. The average molecular weight is 363 g/mol. The second-order valence-electron chi connectivity index (χ2n) is 5.17. The van der Waals surface area contributed by atoms with Crippen LogP contribution in [-0.2, 0) is 32.2 Å². The van der Waals surface area contributed by atoms with Crippen molar-refractivity contribution in [1.82, 2.24) is 0 Å². The van der Waals surface area contributed by atoms with E-state index in [1.54, 1.807) is 24.3 Å². The van der Waals surface area contributed by atoms with Gasteiger partial charge >= 0.3 is 11.9 Å². The van der Waals surface area contributed by atoms with E-state index in [4.69, 9.17) is 25.8 Å². The zero-order valence-corrected chi connectivity index (χ0v) is 14.4. The largest absolute Gasteiger partial charge is 0.460 e. The van der Waals surface area contributed by atoms with Crippen LogP contribution in [0, 0.1) is 0 Å². The van der Waals surface area contributed by atoms with Gasteiger partial charge in [-0.1, -0.05) is 42.5 Å². The Kier molecular flexibility index (Phi) is 7.95. The lowest BCUT2D eigenvalue weighted by atomic mass is 10.1. The molecule has 5 nitrogen and oxygen atoms in total. The van der Waals surface area contributed by atoms with E-state index >= 15 is 0 Å². The molecule has 0 spiro atoms. The summed E-state index contributed by atoms with van der Waals surface area (Å²) in [6, 6.07) is 16.5. The summed E-state index contributed by atoms with van der Waals surface area (Å²) in [6.45, 7) is 1.01. The van der Waals surface area contributed by atoms with Crippen molar-refractivity contribution >= 4 is 23.5 Å². The average Bonchev–Trinajstić information content (AvgIpc) is 2.66. The highest BCUT2D eigenvalue weighted by Crippen LogP contribution is 2.09. The summed E-state index contributed by atoms with van der Waals surface area (Å²) in [6.07, 6.45) is 0. The van der Waals surface area contributed by atoms with Gasteiger partial charge in [0.05, 0.1) is 18.8 Å². The number of carbonyl (C=O) groups is 2. The number of rotatable bonds is 9. The SMILES string of the molecule is O=C(CCl)OCc1cccc(C(=O)OCCOCc2ccccc2)c1. The van der Waals surface area contributed by atoms with Crippen molar-refractivity contribution in [2.75, 3.05) is 19.1 Å². The Morgan fingerprint density at radius 1 is 0.840 bits per heavy atom. The lowest BCUT2D eigenvalue weighted by Crippen LogP contribution is -2.11. The normalized spacial score (nSPS) is 10.3. The molecule has 0 fully saturated rings. The predicted molar refractivity (Wildman–Crippen MR) is 93.3 cm³/mol. The third-order valence-electron chi connectivity index (χ3n) is 3.24. The minimum Gasteiger partial charge on any atom is -0.460 e. The maximum Gasteiger partial charge on any atom is 0.338 e. The van der Waals surface area contributed by atoms with E-state index in [2.05, 4.69) is 0 Å². The van der Waals surface area contributed by atoms with E-state index in [0.717, 1.165) is 5.56 Å². The number of benzene rings is 2. The smallest absolute Gasteiger partial charge is 0.338 e. The predicted octanol–water partition coefficient (Wildman–Crippen LogP) is 3.34. The first-order chi connectivity index (χ1) is 12.2. The molecule has 0 atom stereocenters. The van der Waals surface area contributed by atoms with Crippen molar-refractivity contribution < 1.29 is 23.8 Å². The standard InChI is InChI=1S/C19H19ClO5/c20-12-18(21)25-14-16-7-4-8-17(11-16)19(22)24-10-9-23-13-15-5-2-1-3-6-15/h1-8,11H,9-10,12-14H2. The van der Waals surface area contributed by atoms with Crippen LogP contribution in [0.3, 0.4) is 0 Å². The van der Waals surface area contributed by atoms with Gasteiger partial charge in [-0.3, -0.25) is 4.79 Å². The molecule has 0 radical (unpaired) electrons. The summed E-state index contributed by atoms with van der Waals surface area (Å²) in [5.74, 6) is -1.16. The van der Waals surface area contributed by atoms with Crippen LogP contribution in [0.15, 0.2) is 54.6 Å². The maximum atomic E-state index is 12.0. The molecule has 0 amide bonds. The van der Waals surface area contributed by atoms with Gasteiger partial charge in [0, 0.05) is 0 Å². The summed E-state index contributed by atoms with van der Waals surface area (Å²) in [5, 5.41) is 0. The first-order valence-electron chi connectivity index (χ1n) is 7.78. The van der Waals surface area contributed by atoms with Crippen molar-refractivity contribution in [2.45, 2.75) is 13.2 Å². The molecule has 2 aromatic carbocycles. The van der Waals surface area contributed by atoms with Gasteiger partial charge in [0.15, 0.2) is 0 Å². The van der Waals surface area contributed by atoms with Crippen molar-refractivity contribution in [1.29, 1.82) is 0 Å². The Morgan fingerprint density at radius 2 is 1.60 bits per heavy atom. The van der Waals surface area contributed by atoms with E-state index < -0.39 is 11.9 Å². The third-order valence-corrected chi connectivity index (χ3v) is 3.46. The Bertz CT molecular complexity index is 687. The van der Waals surface area contributed by atoms with Crippen molar-refractivity contribution in [2.24, 2.45) is 0 Å². The Morgan fingerprint density at radius 3 is 2.36 bits per heavy atom. The van der Waals surface area contributed by atoms with E-state index in [1.807, 2.05) is 30.3 Å². The van der Waals surface area contributed by atoms with Crippen molar-refractivity contribution in [3.05, 3.63) is 71.3 Å². The van der Waals surface area contributed by atoms with Crippen LogP contribution in [0.2, 0.25) is 0 Å². The van der Waals surface area contributed by atoms with Crippen LogP contribution in [-0.4, -0.2) is 31.0 Å². The molecule has 25 heavy (non-hydrogen) atoms. The molecule has 132 valence electrons. The summed E-state index contributed by atoms with van der Waals surface area (Å²) in [7, 11) is 0. The molecule has 0 bridgehead atoms. The minimum absolute atomic E-state index is 0.0624. The van der Waals surface area contributed by atoms with Gasteiger partial charge in [0.25, 0.3) is 0 Å². The zero-order valence-electron chi connectivity index (χ0n) is 13.7. The number of halogens is 1. The number of alkyl halides is 1. The highest BCUT2D eigenvalue weighted by atomic mass is 35.5. The van der Waals surface area contributed by atoms with Crippen LogP contribution in [0.4, 0.5) is 0 Å². The highest BCUT2D eigenvalue weighted by Gasteiger charge is 2.09. The van der Waals surface area contributed by atoms with Gasteiger partial charge in [-0.25, -0.2) is 4.79 Å². The summed E-state index contributed by atoms with van der Waals surface area (Å²) in [5.41, 5.74) is 2.14. The molecule has 2 rings (SSSR count). The number of hydrogen-bond donors (Lipinski definition) is 0. The van der Waals surface area contributed by atoms with Crippen molar-refractivity contribution in [3.8, 4) is 0 Å². The van der Waals surface area contributed by atoms with Gasteiger partial charge in [-0.15, -0.1) is 11.6 Å². The van der Waals surface area contributed by atoms with Gasteiger partial charge < -0.3 is 14.2 Å². The molecule has 0 N–H and O–H groups in total. The third kappa shape index (κ3) is 6.95. The molecule has 2 aromatic rings. The lowest BCUT2D eigenvalue weighted by molar-refractivity contribution is -0.141. The van der Waals surface area contributed by atoms with Crippen LogP contribution >= 0.6 is 11.6 Å². The van der Waals surface area contributed by atoms with Crippen LogP contribution in [0.25, 0.3) is 0 Å². The minimum atomic E-state index is -0.509. The maximum absolute atomic E-state index is 12.0. The fraction of sp³-hybridized carbons (Fsp3) is 0.263. The molecular formula is C19H19ClO5. The molecule has 0 aliphatic carbocycles. The zero-order chi connectivity index (χ0) is 17.9. The molecule has 0 saturated heterocycles. The van der Waals surface area contributed by atoms with E-state index in [-0.39, 0.29) is 19.1 Å². The first kappa shape index (κ1) is 19.0. The quantitative estimate of drug-likeness (QED) is 0.389. The van der Waals surface area contributed by atoms with E-state index in [0.29, 0.717) is 24.3 Å². The topological polar surface area (TPSA) is 61.8 Å². The van der Waals surface area contributed by atoms with E-state index in [9.17, 15) is 9.59 Å². The lowest BCUT2D eigenvalue weighted by Gasteiger charge is -2.08. The molecule has 0 aromatic heterocycles. The number of esters is 2. The van der Waals surface area contributed by atoms with Gasteiger partial charge in [-0.2, -0.15) is 0 Å². The summed E-state index contributed by atoms with van der Waals surface area (Å²) >= 11 is 5.36. The van der Waals surface area contributed by atoms with E-state index in [1.165, 1.54) is 0 Å². The first-order valence-corrected chi connectivity index (χ1v) is 8.32.